The maximum absolute atomic E-state index is 13.4. The highest BCUT2D eigenvalue weighted by molar-refractivity contribution is 6.33. The Hall–Kier alpha value is -2.82. The Bertz CT molecular complexity index is 1120. The summed E-state index contributed by atoms with van der Waals surface area (Å²) in [6.07, 6.45) is 4.47. The van der Waals surface area contributed by atoms with Crippen molar-refractivity contribution in [2.24, 2.45) is 0 Å². The lowest BCUT2D eigenvalue weighted by Gasteiger charge is -2.23. The van der Waals surface area contributed by atoms with Crippen LogP contribution in [0.5, 0.6) is 5.75 Å². The van der Waals surface area contributed by atoms with E-state index < -0.39 is 23.2 Å². The van der Waals surface area contributed by atoms with Crippen molar-refractivity contribution in [3.8, 4) is 5.75 Å². The fourth-order valence-corrected chi connectivity index (χ4v) is 3.62. The number of anilines is 1. The molecule has 3 rings (SSSR count). The van der Waals surface area contributed by atoms with Crippen molar-refractivity contribution in [3.63, 3.8) is 0 Å². The predicted molar refractivity (Wildman–Crippen MR) is 132 cm³/mol. The number of aromatic nitrogens is 3. The highest BCUT2D eigenvalue weighted by atomic mass is 35.5. The number of nitrogens with one attached hydrogen (secondary N) is 2. The number of methoxy groups -OCH3 is 1. The van der Waals surface area contributed by atoms with Crippen LogP contribution in [-0.4, -0.2) is 58.5 Å². The summed E-state index contributed by atoms with van der Waals surface area (Å²) in [5.74, 6) is 0.234. The van der Waals surface area contributed by atoms with E-state index in [9.17, 15) is 9.18 Å². The predicted octanol–water partition coefficient (Wildman–Crippen LogP) is 4.78. The number of carbonyl (C=O) groups is 1. The zero-order chi connectivity index (χ0) is 25.6. The Morgan fingerprint density at radius 3 is 2.63 bits per heavy atom. The first kappa shape index (κ1) is 26.8. The monoisotopic (exact) mass is 527 g/mol. The van der Waals surface area contributed by atoms with Gasteiger partial charge in [0.2, 0.25) is 5.95 Å². The summed E-state index contributed by atoms with van der Waals surface area (Å²) in [7, 11) is 1.52. The number of hydrogen-bond donors (Lipinski definition) is 2. The van der Waals surface area contributed by atoms with Crippen LogP contribution in [0.3, 0.4) is 0 Å². The lowest BCUT2D eigenvalue weighted by Crippen LogP contribution is -2.44. The second-order valence-electron chi connectivity index (χ2n) is 8.78. The van der Waals surface area contributed by atoms with Crippen LogP contribution in [0.2, 0.25) is 0 Å². The number of rotatable bonds is 10. The zero-order valence-electron chi connectivity index (χ0n) is 19.8. The molecule has 35 heavy (non-hydrogen) atoms. The molecule has 2 N–H and O–H groups in total. The molecule has 2 aromatic heterocycles. The van der Waals surface area contributed by atoms with Crippen LogP contribution in [0, 0.1) is 5.82 Å². The molecule has 0 spiro atoms. The van der Waals surface area contributed by atoms with Crippen LogP contribution in [-0.2, 0) is 15.9 Å². The molecule has 0 fully saturated rings. The van der Waals surface area contributed by atoms with Gasteiger partial charge in [-0.1, -0.05) is 11.6 Å². The Morgan fingerprint density at radius 2 is 1.97 bits per heavy atom. The molecule has 0 aliphatic carbocycles. The molecular weight excluding hydrogens is 500 g/mol. The van der Waals surface area contributed by atoms with E-state index in [1.807, 2.05) is 0 Å². The minimum absolute atomic E-state index is 0.111. The number of H-pyrrole nitrogens is 1. The summed E-state index contributed by atoms with van der Waals surface area (Å²) < 4.78 is 30.7. The van der Waals surface area contributed by atoms with Gasteiger partial charge in [-0.3, -0.25) is 0 Å². The van der Waals surface area contributed by atoms with Crippen molar-refractivity contribution < 1.29 is 23.4 Å². The Kier molecular flexibility index (Phi) is 8.98. The summed E-state index contributed by atoms with van der Waals surface area (Å²) in [5, 5.41) is 3.56. The van der Waals surface area contributed by atoms with Crippen LogP contribution >= 0.6 is 23.4 Å². The first-order valence-corrected chi connectivity index (χ1v) is 11.6. The highest BCUT2D eigenvalue weighted by Gasteiger charge is 2.21. The summed E-state index contributed by atoms with van der Waals surface area (Å²) in [6.45, 7) is 5.67. The van der Waals surface area contributed by atoms with Gasteiger partial charge in [-0.25, -0.2) is 23.6 Å². The van der Waals surface area contributed by atoms with Crippen LogP contribution in [0.4, 0.5) is 15.1 Å². The molecule has 0 aliphatic rings. The first-order chi connectivity index (χ1) is 16.6. The van der Waals surface area contributed by atoms with E-state index in [0.717, 1.165) is 10.9 Å². The summed E-state index contributed by atoms with van der Waals surface area (Å²) >= 11 is 12.9. The quantitative estimate of drug-likeness (QED) is 0.222. The van der Waals surface area contributed by atoms with E-state index in [1.54, 1.807) is 33.0 Å². The Labute approximate surface area is 213 Å². The SMILES string of the molecule is COC[C@H](COc1cnc(N(Cl)[C@H](Cl)Cc2c[nH]c3cc(F)ccc23)nc1)NC(=O)OC(C)(C)C. The van der Waals surface area contributed by atoms with Crippen LogP contribution in [0.25, 0.3) is 10.9 Å². The number of ether oxygens (including phenoxy) is 3. The molecule has 0 bridgehead atoms. The smallest absolute Gasteiger partial charge is 0.408 e. The molecule has 0 radical (unpaired) electrons. The third-order valence-electron chi connectivity index (χ3n) is 4.71. The van der Waals surface area contributed by atoms with E-state index in [4.69, 9.17) is 37.6 Å². The summed E-state index contributed by atoms with van der Waals surface area (Å²) in [4.78, 5) is 23.5. The molecule has 2 heterocycles. The number of nitrogens with zero attached hydrogens (tertiary/aromatic N) is 3. The van der Waals surface area contributed by atoms with Gasteiger partial charge >= 0.3 is 6.09 Å². The summed E-state index contributed by atoms with van der Waals surface area (Å²) in [6, 6.07) is 4.05. The maximum atomic E-state index is 13.4. The molecule has 0 aliphatic heterocycles. The van der Waals surface area contributed by atoms with Crippen molar-refractivity contribution in [1.29, 1.82) is 0 Å². The molecular formula is C23H28Cl2FN5O4. The maximum Gasteiger partial charge on any atom is 0.408 e. The average Bonchev–Trinajstić information content (AvgIpc) is 3.17. The van der Waals surface area contributed by atoms with E-state index in [-0.39, 0.29) is 25.0 Å². The molecule has 12 heteroatoms. The molecule has 2 atom stereocenters. The van der Waals surface area contributed by atoms with Crippen LogP contribution in [0.1, 0.15) is 26.3 Å². The number of amides is 1. The van der Waals surface area contributed by atoms with Gasteiger partial charge in [-0.05, 0) is 44.5 Å². The van der Waals surface area contributed by atoms with Gasteiger partial charge in [0.15, 0.2) is 5.75 Å². The number of fused-ring (bicyclic) bond motifs is 1. The lowest BCUT2D eigenvalue weighted by atomic mass is 10.1. The van der Waals surface area contributed by atoms with Gasteiger partial charge in [-0.2, -0.15) is 0 Å². The normalized spacial score (nSPS) is 13.3. The van der Waals surface area contributed by atoms with E-state index in [1.165, 1.54) is 36.1 Å². The molecule has 190 valence electrons. The Balaban J connectivity index is 1.56. The number of benzene rings is 1. The second-order valence-corrected chi connectivity index (χ2v) is 9.65. The molecule has 0 saturated heterocycles. The number of halogens is 3. The van der Waals surface area contributed by atoms with Crippen molar-refractivity contribution in [3.05, 3.63) is 48.2 Å². The molecule has 1 amide bonds. The third kappa shape index (κ3) is 7.84. The van der Waals surface area contributed by atoms with E-state index in [0.29, 0.717) is 17.7 Å². The number of hydrogen-bond acceptors (Lipinski definition) is 7. The standard InChI is InChI=1S/C23H28Cl2FN5O4/c1-23(2,3)35-22(32)30-16(12-33-4)13-34-17-10-28-21(29-11-17)31(25)20(24)7-14-9-27-19-8-15(26)5-6-18(14)19/h5-6,8-11,16,20,27H,7,12-13H2,1-4H3,(H,30,32)/t16-,20+/m1/s1. The number of aromatic amines is 1. The van der Waals surface area contributed by atoms with Gasteiger partial charge in [0.1, 0.15) is 23.5 Å². The van der Waals surface area contributed by atoms with Gasteiger partial charge in [-0.15, -0.1) is 0 Å². The summed E-state index contributed by atoms with van der Waals surface area (Å²) in [5.41, 5.74) is 0.269. The minimum Gasteiger partial charge on any atom is -0.488 e. The fourth-order valence-electron chi connectivity index (χ4n) is 3.21. The van der Waals surface area contributed by atoms with Gasteiger partial charge in [0.05, 0.1) is 25.0 Å². The minimum atomic E-state index is -0.670. The van der Waals surface area contributed by atoms with E-state index in [2.05, 4.69) is 20.3 Å². The molecule has 0 saturated carbocycles. The van der Waals surface area contributed by atoms with Crippen molar-refractivity contribution in [1.82, 2.24) is 20.3 Å². The van der Waals surface area contributed by atoms with Gasteiger partial charge in [0, 0.05) is 42.4 Å². The van der Waals surface area contributed by atoms with Crippen molar-refractivity contribution >= 4 is 46.3 Å². The molecule has 3 aromatic rings. The first-order valence-electron chi connectivity index (χ1n) is 10.8. The third-order valence-corrected chi connectivity index (χ3v) is 5.55. The van der Waals surface area contributed by atoms with E-state index >= 15 is 0 Å². The van der Waals surface area contributed by atoms with Crippen LogP contribution in [0.15, 0.2) is 36.8 Å². The molecule has 1 aromatic carbocycles. The highest BCUT2D eigenvalue weighted by Crippen LogP contribution is 2.26. The van der Waals surface area contributed by atoms with Crippen molar-refractivity contribution in [2.45, 2.75) is 44.3 Å². The largest absolute Gasteiger partial charge is 0.488 e. The topological polar surface area (TPSA) is 102 Å². The Morgan fingerprint density at radius 1 is 1.26 bits per heavy atom. The van der Waals surface area contributed by atoms with Gasteiger partial charge in [0.25, 0.3) is 0 Å². The van der Waals surface area contributed by atoms with Crippen molar-refractivity contribution in [2.75, 3.05) is 24.7 Å². The number of carbonyl (C=O) groups excluding carboxylic acids is 1. The average molecular weight is 528 g/mol. The second kappa shape index (κ2) is 11.7. The molecule has 9 nitrogen and oxygen atoms in total. The fraction of sp³-hybridized carbons (Fsp3) is 0.435. The number of alkyl carbamates (subject to hydrolysis) is 1. The lowest BCUT2D eigenvalue weighted by molar-refractivity contribution is 0.0438. The van der Waals surface area contributed by atoms with Crippen LogP contribution < -0.4 is 14.5 Å². The van der Waals surface area contributed by atoms with Gasteiger partial charge < -0.3 is 24.5 Å². The number of alkyl halides is 1. The zero-order valence-corrected chi connectivity index (χ0v) is 21.4. The molecule has 0 unspecified atom stereocenters.